The summed E-state index contributed by atoms with van der Waals surface area (Å²) in [6, 6.07) is 7.22. The number of piperazine rings is 1. The molecule has 4 heteroatoms. The second-order valence-electron chi connectivity index (χ2n) is 4.93. The number of hydrogen-bond donors (Lipinski definition) is 1. The van der Waals surface area contributed by atoms with E-state index in [-0.39, 0.29) is 13.5 Å². The first kappa shape index (κ1) is 13.7. The van der Waals surface area contributed by atoms with Crippen LogP contribution in [0, 0.1) is 0 Å². The minimum Gasteiger partial charge on any atom is -0.493 e. The molecule has 1 aromatic rings. The lowest BCUT2D eigenvalue weighted by Crippen LogP contribution is -2.44. The van der Waals surface area contributed by atoms with Crippen LogP contribution in [-0.2, 0) is 6.42 Å². The number of nitrogens with one attached hydrogen (secondary N) is 1. The molecule has 3 nitrogen and oxygen atoms in total. The minimum absolute atomic E-state index is 0. The van der Waals surface area contributed by atoms with Crippen molar-refractivity contribution in [2.45, 2.75) is 19.4 Å². The summed E-state index contributed by atoms with van der Waals surface area (Å²) in [5, 5.41) is 3.40. The number of rotatable bonds is 2. The van der Waals surface area contributed by atoms with Gasteiger partial charge in [-0.2, -0.15) is 13.5 Å². The Morgan fingerprint density at radius 2 is 2.06 bits per heavy atom. The maximum Gasteiger partial charge on any atom is 0.122 e. The van der Waals surface area contributed by atoms with Crippen LogP contribution in [0.25, 0.3) is 0 Å². The molecular weight excluding hydrogens is 244 g/mol. The van der Waals surface area contributed by atoms with E-state index in [1.165, 1.54) is 11.1 Å². The molecule has 0 spiro atoms. The average Bonchev–Trinajstić information content (AvgIpc) is 2.86. The van der Waals surface area contributed by atoms with Gasteiger partial charge in [-0.3, -0.25) is 4.90 Å². The van der Waals surface area contributed by atoms with E-state index in [2.05, 4.69) is 35.3 Å². The third-order valence-electron chi connectivity index (χ3n) is 3.90. The number of nitrogens with zero attached hydrogens (tertiary/aromatic N) is 1. The van der Waals surface area contributed by atoms with Gasteiger partial charge in [-0.15, -0.1) is 0 Å². The summed E-state index contributed by atoms with van der Waals surface area (Å²) in [5.74, 6) is 1.10. The van der Waals surface area contributed by atoms with E-state index in [0.717, 1.165) is 45.0 Å². The van der Waals surface area contributed by atoms with Gasteiger partial charge in [0.25, 0.3) is 0 Å². The fourth-order valence-corrected chi connectivity index (χ4v) is 2.72. The first-order chi connectivity index (χ1) is 8.34. The molecule has 1 aromatic carbocycles. The van der Waals surface area contributed by atoms with Crippen LogP contribution < -0.4 is 10.1 Å². The van der Waals surface area contributed by atoms with Crippen molar-refractivity contribution < 1.29 is 4.74 Å². The molecule has 1 fully saturated rings. The summed E-state index contributed by atoms with van der Waals surface area (Å²) in [5.41, 5.74) is 2.74. The van der Waals surface area contributed by atoms with Gasteiger partial charge in [0.15, 0.2) is 0 Å². The molecule has 0 bridgehead atoms. The Balaban J connectivity index is 0.00000120. The van der Waals surface area contributed by atoms with Gasteiger partial charge in [-0.05, 0) is 24.1 Å². The Kier molecular flexibility index (Phi) is 4.54. The van der Waals surface area contributed by atoms with Crippen LogP contribution in [0.2, 0.25) is 0 Å². The van der Waals surface area contributed by atoms with Crippen LogP contribution in [0.3, 0.4) is 0 Å². The lowest BCUT2D eigenvalue weighted by Gasteiger charge is -2.33. The number of benzene rings is 1. The van der Waals surface area contributed by atoms with Crippen molar-refractivity contribution >= 4 is 13.5 Å². The van der Waals surface area contributed by atoms with Crippen LogP contribution in [0.1, 0.15) is 24.1 Å². The average molecular weight is 266 g/mol. The van der Waals surface area contributed by atoms with Crippen LogP contribution in [0.5, 0.6) is 5.75 Å². The zero-order chi connectivity index (χ0) is 11.7. The molecule has 0 saturated carbocycles. The molecule has 18 heavy (non-hydrogen) atoms. The Bertz CT molecular complexity index is 405. The monoisotopic (exact) mass is 266 g/mol. The highest BCUT2D eigenvalue weighted by molar-refractivity contribution is 7.59. The molecule has 2 aliphatic heterocycles. The van der Waals surface area contributed by atoms with Crippen molar-refractivity contribution in [1.82, 2.24) is 10.2 Å². The van der Waals surface area contributed by atoms with E-state index >= 15 is 0 Å². The van der Waals surface area contributed by atoms with E-state index in [1.807, 2.05) is 0 Å². The molecule has 1 atom stereocenters. The lowest BCUT2D eigenvalue weighted by molar-refractivity contribution is 0.185. The van der Waals surface area contributed by atoms with Crippen molar-refractivity contribution in [2.24, 2.45) is 0 Å². The quantitative estimate of drug-likeness (QED) is 0.882. The lowest BCUT2D eigenvalue weighted by atomic mass is 10.0. The Labute approximate surface area is 116 Å². The van der Waals surface area contributed by atoms with Crippen molar-refractivity contribution in [1.29, 1.82) is 0 Å². The first-order valence-electron chi connectivity index (χ1n) is 6.55. The summed E-state index contributed by atoms with van der Waals surface area (Å²) >= 11 is 0. The maximum absolute atomic E-state index is 5.65. The molecule has 3 rings (SSSR count). The predicted octanol–water partition coefficient (Wildman–Crippen LogP) is 1.70. The SMILES string of the molecule is C[C@@H](c1ccc2c(c1)OCC2)N1CCNCC1.S. The van der Waals surface area contributed by atoms with E-state index < -0.39 is 0 Å². The minimum atomic E-state index is 0. The second-order valence-corrected chi connectivity index (χ2v) is 4.93. The topological polar surface area (TPSA) is 24.5 Å². The van der Waals surface area contributed by atoms with E-state index in [0.29, 0.717) is 6.04 Å². The van der Waals surface area contributed by atoms with Gasteiger partial charge >= 0.3 is 0 Å². The van der Waals surface area contributed by atoms with Gasteiger partial charge in [-0.1, -0.05) is 12.1 Å². The molecule has 0 unspecified atom stereocenters. The fourth-order valence-electron chi connectivity index (χ4n) is 2.72. The third kappa shape index (κ3) is 2.66. The summed E-state index contributed by atoms with van der Waals surface area (Å²) in [6.45, 7) is 7.62. The third-order valence-corrected chi connectivity index (χ3v) is 3.90. The Morgan fingerprint density at radius 1 is 1.28 bits per heavy atom. The van der Waals surface area contributed by atoms with E-state index in [4.69, 9.17) is 4.74 Å². The molecule has 100 valence electrons. The first-order valence-corrected chi connectivity index (χ1v) is 6.55. The number of ether oxygens (including phenoxy) is 1. The van der Waals surface area contributed by atoms with Gasteiger partial charge in [0, 0.05) is 38.6 Å². The van der Waals surface area contributed by atoms with Crippen molar-refractivity contribution in [3.05, 3.63) is 29.3 Å². The highest BCUT2D eigenvalue weighted by atomic mass is 32.1. The van der Waals surface area contributed by atoms with Gasteiger partial charge in [-0.25, -0.2) is 0 Å². The molecule has 0 radical (unpaired) electrons. The zero-order valence-electron chi connectivity index (χ0n) is 10.9. The van der Waals surface area contributed by atoms with E-state index in [1.54, 1.807) is 0 Å². The van der Waals surface area contributed by atoms with Crippen molar-refractivity contribution in [3.63, 3.8) is 0 Å². The molecule has 1 N–H and O–H groups in total. The van der Waals surface area contributed by atoms with E-state index in [9.17, 15) is 0 Å². The predicted molar refractivity (Wildman–Crippen MR) is 78.9 cm³/mol. The highest BCUT2D eigenvalue weighted by Gasteiger charge is 2.20. The second kappa shape index (κ2) is 5.95. The van der Waals surface area contributed by atoms with Crippen LogP contribution >= 0.6 is 13.5 Å². The largest absolute Gasteiger partial charge is 0.493 e. The molecule has 2 aliphatic rings. The summed E-state index contributed by atoms with van der Waals surface area (Å²) in [4.78, 5) is 2.53. The molecule has 2 heterocycles. The van der Waals surface area contributed by atoms with Gasteiger partial charge in [0.05, 0.1) is 6.61 Å². The number of hydrogen-bond acceptors (Lipinski definition) is 3. The Hall–Kier alpha value is -0.710. The molecule has 0 aliphatic carbocycles. The van der Waals surface area contributed by atoms with Crippen molar-refractivity contribution in [3.8, 4) is 5.75 Å². The van der Waals surface area contributed by atoms with Gasteiger partial charge < -0.3 is 10.1 Å². The normalized spacial score (nSPS) is 20.7. The smallest absolute Gasteiger partial charge is 0.122 e. The summed E-state index contributed by atoms with van der Waals surface area (Å²) < 4.78 is 5.65. The highest BCUT2D eigenvalue weighted by Crippen LogP contribution is 2.30. The van der Waals surface area contributed by atoms with Gasteiger partial charge in [0.2, 0.25) is 0 Å². The standard InChI is InChI=1S/C14H20N2O.H2S/c1-11(16-7-5-15-6-8-16)13-3-2-12-4-9-17-14(12)10-13;/h2-3,10-11,15H,4-9H2,1H3;1H2/t11-;/m0./s1. The molecule has 0 amide bonds. The zero-order valence-corrected chi connectivity index (χ0v) is 11.9. The fraction of sp³-hybridized carbons (Fsp3) is 0.571. The molecule has 0 aromatic heterocycles. The maximum atomic E-state index is 5.65. The molecule has 1 saturated heterocycles. The van der Waals surface area contributed by atoms with Crippen LogP contribution in [0.15, 0.2) is 18.2 Å². The molecular formula is C14H22N2OS. The Morgan fingerprint density at radius 3 is 2.83 bits per heavy atom. The summed E-state index contributed by atoms with van der Waals surface area (Å²) in [7, 11) is 0. The van der Waals surface area contributed by atoms with Crippen LogP contribution in [0.4, 0.5) is 0 Å². The van der Waals surface area contributed by atoms with Crippen LogP contribution in [-0.4, -0.2) is 37.7 Å². The van der Waals surface area contributed by atoms with Gasteiger partial charge in [0.1, 0.15) is 5.75 Å². The number of fused-ring (bicyclic) bond motifs is 1. The van der Waals surface area contributed by atoms with Crippen molar-refractivity contribution in [2.75, 3.05) is 32.8 Å². The summed E-state index contributed by atoms with van der Waals surface area (Å²) in [6.07, 6.45) is 1.07.